The Kier molecular flexibility index (Phi) is 6.42. The molecule has 0 radical (unpaired) electrons. The first-order valence-electron chi connectivity index (χ1n) is 11.7. The number of amidine groups is 2. The van der Waals surface area contributed by atoms with Crippen molar-refractivity contribution in [2.24, 2.45) is 10.7 Å². The molecule has 0 bridgehead atoms. The van der Waals surface area contributed by atoms with Crippen molar-refractivity contribution < 1.29 is 14.6 Å². The number of hydrogen-bond acceptors (Lipinski definition) is 8. The van der Waals surface area contributed by atoms with E-state index in [0.29, 0.717) is 17.1 Å². The van der Waals surface area contributed by atoms with E-state index in [1.165, 1.54) is 18.2 Å². The molecule has 0 saturated heterocycles. The lowest BCUT2D eigenvalue weighted by molar-refractivity contribution is 0.397. The first-order chi connectivity index (χ1) is 17.9. The van der Waals surface area contributed by atoms with E-state index in [2.05, 4.69) is 19.9 Å². The Labute approximate surface area is 214 Å². The highest BCUT2D eigenvalue weighted by Gasteiger charge is 2.17. The van der Waals surface area contributed by atoms with E-state index in [4.69, 9.17) is 20.6 Å². The topological polar surface area (TPSA) is 130 Å². The fraction of sp³-hybridized carbons (Fsp3) is 0.143. The maximum absolute atomic E-state index is 10.3. The Balaban J connectivity index is 1.52. The quantitative estimate of drug-likeness (QED) is 0.250. The average molecular weight is 495 g/mol. The van der Waals surface area contributed by atoms with Crippen LogP contribution in [0.4, 0.5) is 0 Å². The van der Waals surface area contributed by atoms with Gasteiger partial charge in [0.15, 0.2) is 17.3 Å². The summed E-state index contributed by atoms with van der Waals surface area (Å²) >= 11 is 0. The Morgan fingerprint density at radius 2 is 1.70 bits per heavy atom. The fourth-order valence-electron chi connectivity index (χ4n) is 3.88. The van der Waals surface area contributed by atoms with E-state index in [-0.39, 0.29) is 29.1 Å². The third-order valence-electron chi connectivity index (χ3n) is 5.85. The number of hydrogen-bond donors (Lipinski definition) is 3. The SMILES string of the molecule is Cc1ccc(-c2nc(Oc3cccc(C4=NCCN4C)c3)cc(Oc3cc(C(=N)N)ccc3O)n2)cc1. The molecule has 3 aromatic carbocycles. The Bertz CT molecular complexity index is 1500. The average Bonchev–Trinajstić information content (AvgIpc) is 3.31. The van der Waals surface area contributed by atoms with Gasteiger partial charge in [-0.15, -0.1) is 0 Å². The lowest BCUT2D eigenvalue weighted by atomic mass is 10.1. The number of aryl methyl sites for hydroxylation is 1. The van der Waals surface area contributed by atoms with E-state index in [9.17, 15) is 5.11 Å². The Morgan fingerprint density at radius 3 is 2.41 bits per heavy atom. The third kappa shape index (κ3) is 5.35. The Morgan fingerprint density at radius 1 is 0.946 bits per heavy atom. The number of nitrogens with zero attached hydrogens (tertiary/aromatic N) is 4. The molecule has 0 amide bonds. The minimum Gasteiger partial charge on any atom is -0.504 e. The second kappa shape index (κ2) is 9.98. The number of nitrogens with two attached hydrogens (primary N) is 1. The number of phenolic OH excluding ortho intramolecular Hbond substituents is 1. The molecule has 1 aromatic heterocycles. The summed E-state index contributed by atoms with van der Waals surface area (Å²) in [5.41, 5.74) is 8.85. The monoisotopic (exact) mass is 494 g/mol. The van der Waals surface area contributed by atoms with Gasteiger partial charge < -0.3 is 25.2 Å². The maximum Gasteiger partial charge on any atom is 0.226 e. The molecular weight excluding hydrogens is 468 g/mol. The van der Waals surface area contributed by atoms with Crippen LogP contribution in [0.1, 0.15) is 16.7 Å². The van der Waals surface area contributed by atoms with Crippen molar-refractivity contribution in [2.75, 3.05) is 20.1 Å². The van der Waals surface area contributed by atoms with Crippen molar-refractivity contribution in [3.63, 3.8) is 0 Å². The summed E-state index contributed by atoms with van der Waals surface area (Å²) in [4.78, 5) is 15.8. The fourth-order valence-corrected chi connectivity index (χ4v) is 3.88. The Hall–Kier alpha value is -4.92. The zero-order chi connectivity index (χ0) is 25.9. The van der Waals surface area contributed by atoms with Crippen molar-refractivity contribution in [1.29, 1.82) is 5.41 Å². The van der Waals surface area contributed by atoms with E-state index in [1.807, 2.05) is 62.5 Å². The van der Waals surface area contributed by atoms with E-state index in [1.54, 1.807) is 6.07 Å². The van der Waals surface area contributed by atoms with Gasteiger partial charge in [0.25, 0.3) is 0 Å². The molecule has 0 spiro atoms. The molecule has 1 aliphatic heterocycles. The van der Waals surface area contributed by atoms with E-state index in [0.717, 1.165) is 35.6 Å². The maximum atomic E-state index is 10.3. The minimum atomic E-state index is -0.144. The van der Waals surface area contributed by atoms with Crippen LogP contribution in [0.3, 0.4) is 0 Å². The van der Waals surface area contributed by atoms with E-state index < -0.39 is 0 Å². The van der Waals surface area contributed by atoms with Gasteiger partial charge in [0, 0.05) is 30.3 Å². The molecule has 0 aliphatic carbocycles. The number of likely N-dealkylation sites (N-methyl/N-ethyl adjacent to an activating group) is 1. The summed E-state index contributed by atoms with van der Waals surface area (Å²) in [6, 6.07) is 21.4. The van der Waals surface area contributed by atoms with Crippen LogP contribution in [0.2, 0.25) is 0 Å². The van der Waals surface area contributed by atoms with Crippen LogP contribution >= 0.6 is 0 Å². The van der Waals surface area contributed by atoms with Gasteiger partial charge in [-0.2, -0.15) is 9.97 Å². The summed E-state index contributed by atoms with van der Waals surface area (Å²) in [7, 11) is 2.01. The first-order valence-corrected chi connectivity index (χ1v) is 11.7. The third-order valence-corrected chi connectivity index (χ3v) is 5.85. The van der Waals surface area contributed by atoms with Gasteiger partial charge in [-0.3, -0.25) is 10.4 Å². The predicted octanol–water partition coefficient (Wildman–Crippen LogP) is 4.72. The largest absolute Gasteiger partial charge is 0.504 e. The molecule has 0 fully saturated rings. The van der Waals surface area contributed by atoms with Gasteiger partial charge in [-0.05, 0) is 37.3 Å². The molecule has 9 heteroatoms. The van der Waals surface area contributed by atoms with Gasteiger partial charge in [-0.1, -0.05) is 42.0 Å². The summed E-state index contributed by atoms with van der Waals surface area (Å²) in [6.45, 7) is 3.65. The molecule has 1 aliphatic rings. The molecule has 2 heterocycles. The minimum absolute atomic E-state index is 0.108. The second-order valence-electron chi connectivity index (χ2n) is 8.69. The zero-order valence-corrected chi connectivity index (χ0v) is 20.5. The van der Waals surface area contributed by atoms with Crippen molar-refractivity contribution in [3.05, 3.63) is 89.5 Å². The number of rotatable bonds is 7. The van der Waals surface area contributed by atoms with Crippen LogP contribution < -0.4 is 15.2 Å². The second-order valence-corrected chi connectivity index (χ2v) is 8.69. The highest BCUT2D eigenvalue weighted by Crippen LogP contribution is 2.34. The summed E-state index contributed by atoms with van der Waals surface area (Å²) < 4.78 is 12.1. The van der Waals surface area contributed by atoms with Crippen LogP contribution in [0.15, 0.2) is 77.8 Å². The lowest BCUT2D eigenvalue weighted by Gasteiger charge is -2.15. The summed E-state index contributed by atoms with van der Waals surface area (Å²) in [5, 5.41) is 18.0. The lowest BCUT2D eigenvalue weighted by Crippen LogP contribution is -2.23. The molecular formula is C28H26N6O3. The molecule has 0 unspecified atom stereocenters. The predicted molar refractivity (Wildman–Crippen MR) is 142 cm³/mol. The van der Waals surface area contributed by atoms with Crippen LogP contribution in [-0.2, 0) is 0 Å². The van der Waals surface area contributed by atoms with Crippen molar-refractivity contribution in [1.82, 2.24) is 14.9 Å². The van der Waals surface area contributed by atoms with Crippen LogP contribution in [0, 0.1) is 12.3 Å². The van der Waals surface area contributed by atoms with Crippen LogP contribution in [0.25, 0.3) is 11.4 Å². The highest BCUT2D eigenvalue weighted by atomic mass is 16.5. The summed E-state index contributed by atoms with van der Waals surface area (Å²) in [5.74, 6) is 2.17. The molecule has 4 aromatic rings. The molecule has 5 rings (SSSR count). The number of phenols is 1. The molecule has 0 saturated carbocycles. The molecule has 0 atom stereocenters. The van der Waals surface area contributed by atoms with Crippen molar-refractivity contribution in [3.8, 4) is 40.4 Å². The standard InChI is InChI=1S/C28H26N6O3/c1-17-6-8-18(9-7-17)27-32-24(36-21-5-3-4-20(14-21)28-31-12-13-34(28)2)16-25(33-27)37-23-15-19(26(29)30)10-11-22(23)35/h3-11,14-16,35H,12-13H2,1-2H3,(H3,29,30). The number of nitrogen functional groups attached to an aromatic ring is 1. The van der Waals surface area contributed by atoms with Crippen LogP contribution in [-0.4, -0.2) is 51.8 Å². The number of ether oxygens (including phenoxy) is 2. The smallest absolute Gasteiger partial charge is 0.226 e. The number of aromatic hydroxyl groups is 1. The molecule has 37 heavy (non-hydrogen) atoms. The van der Waals surface area contributed by atoms with Crippen molar-refractivity contribution in [2.45, 2.75) is 6.92 Å². The van der Waals surface area contributed by atoms with Gasteiger partial charge in [0.2, 0.25) is 11.8 Å². The molecule has 186 valence electrons. The first kappa shape index (κ1) is 23.8. The van der Waals surface area contributed by atoms with E-state index >= 15 is 0 Å². The number of aliphatic imine (C=N–C) groups is 1. The summed E-state index contributed by atoms with van der Waals surface area (Å²) in [6.07, 6.45) is 0. The number of nitrogens with one attached hydrogen (secondary N) is 1. The molecule has 9 nitrogen and oxygen atoms in total. The highest BCUT2D eigenvalue weighted by molar-refractivity contribution is 6.00. The van der Waals surface area contributed by atoms with Crippen molar-refractivity contribution >= 4 is 11.7 Å². The molecule has 4 N–H and O–H groups in total. The zero-order valence-electron chi connectivity index (χ0n) is 20.5. The number of benzene rings is 3. The van der Waals surface area contributed by atoms with Gasteiger partial charge in [0.1, 0.15) is 17.4 Å². The van der Waals surface area contributed by atoms with Gasteiger partial charge in [0.05, 0.1) is 12.6 Å². The normalized spacial score (nSPS) is 12.8. The van der Waals surface area contributed by atoms with Gasteiger partial charge in [-0.25, -0.2) is 0 Å². The number of aromatic nitrogens is 2. The van der Waals surface area contributed by atoms with Crippen LogP contribution in [0.5, 0.6) is 29.0 Å². The van der Waals surface area contributed by atoms with Gasteiger partial charge >= 0.3 is 0 Å².